The van der Waals surface area contributed by atoms with Crippen molar-refractivity contribution in [3.63, 3.8) is 0 Å². The molecular weight excluding hydrogens is 530 g/mol. The lowest BCUT2D eigenvalue weighted by Crippen LogP contribution is -2.46. The molecule has 0 aromatic carbocycles. The van der Waals surface area contributed by atoms with Crippen molar-refractivity contribution in [2.45, 2.75) is 83.0 Å². The summed E-state index contributed by atoms with van der Waals surface area (Å²) in [4.78, 5) is 26.7. The number of ether oxygens (including phenoxy) is 2. The summed E-state index contributed by atoms with van der Waals surface area (Å²) in [6, 6.07) is 5.41. The molecule has 214 valence electrons. The predicted octanol–water partition coefficient (Wildman–Crippen LogP) is 4.53. The van der Waals surface area contributed by atoms with E-state index in [0.29, 0.717) is 41.3 Å². The second-order valence-corrected chi connectivity index (χ2v) is 14.2. The highest BCUT2D eigenvalue weighted by atomic mass is 32.2. The SMILES string of the molecule is CC[C@@](C)(N)c1cnc(O[C@H](C)CCS(C)(=O)=O)c2cnc(Nc3ccc4c(n3)C3(CC3)C(C)(C)OC4=O)cc12. The van der Waals surface area contributed by atoms with Crippen molar-refractivity contribution in [1.29, 1.82) is 0 Å². The van der Waals surface area contributed by atoms with Gasteiger partial charge in [-0.2, -0.15) is 0 Å². The van der Waals surface area contributed by atoms with E-state index in [9.17, 15) is 13.2 Å². The van der Waals surface area contributed by atoms with Gasteiger partial charge in [-0.15, -0.1) is 0 Å². The standard InChI is InChI=1S/C29H37N5O5S/c1-7-28(5,30)21-16-32-25(38-17(2)10-13-40(6,36)37)20-15-31-23(14-19(20)21)33-22-9-8-18-24(34-22)29(11-12-29)27(3,4)39-26(18)35/h8-9,14-17H,7,10-13,30H2,1-6H3,(H,31,33,34)/t17-,28-/m1/s1. The Morgan fingerprint density at radius 1 is 1.18 bits per heavy atom. The Kier molecular flexibility index (Phi) is 6.81. The maximum absolute atomic E-state index is 12.6. The van der Waals surface area contributed by atoms with E-state index in [1.807, 2.05) is 40.7 Å². The molecule has 2 atom stereocenters. The van der Waals surface area contributed by atoms with Crippen LogP contribution in [0.4, 0.5) is 11.6 Å². The van der Waals surface area contributed by atoms with Crippen LogP contribution in [-0.2, 0) is 25.5 Å². The second-order valence-electron chi connectivity index (χ2n) is 11.9. The Labute approximate surface area is 235 Å². The average molecular weight is 568 g/mol. The molecule has 1 aliphatic carbocycles. The molecule has 1 aliphatic heterocycles. The largest absolute Gasteiger partial charge is 0.474 e. The smallest absolute Gasteiger partial charge is 0.340 e. The summed E-state index contributed by atoms with van der Waals surface area (Å²) in [5.74, 6) is 1.18. The van der Waals surface area contributed by atoms with Crippen LogP contribution in [-0.4, -0.2) is 53.1 Å². The van der Waals surface area contributed by atoms with E-state index in [-0.39, 0.29) is 23.2 Å². The number of hydrogen-bond donors (Lipinski definition) is 2. The van der Waals surface area contributed by atoms with Gasteiger partial charge >= 0.3 is 5.97 Å². The molecule has 2 aliphatic rings. The molecule has 0 amide bonds. The van der Waals surface area contributed by atoms with Gasteiger partial charge in [0.05, 0.1) is 33.9 Å². The van der Waals surface area contributed by atoms with Crippen molar-refractivity contribution in [3.8, 4) is 5.88 Å². The highest BCUT2D eigenvalue weighted by molar-refractivity contribution is 7.90. The number of cyclic esters (lactones) is 1. The van der Waals surface area contributed by atoms with Crippen molar-refractivity contribution < 1.29 is 22.7 Å². The molecule has 0 unspecified atom stereocenters. The Hall–Kier alpha value is -3.31. The van der Waals surface area contributed by atoms with Crippen LogP contribution in [0.3, 0.4) is 0 Å². The van der Waals surface area contributed by atoms with E-state index in [1.54, 1.807) is 24.5 Å². The monoisotopic (exact) mass is 567 g/mol. The normalized spacial score (nSPS) is 19.4. The lowest BCUT2D eigenvalue weighted by Gasteiger charge is -2.39. The number of hydrogen-bond acceptors (Lipinski definition) is 10. The van der Waals surface area contributed by atoms with Gasteiger partial charge in [0.1, 0.15) is 27.1 Å². The van der Waals surface area contributed by atoms with Crippen molar-refractivity contribution >= 4 is 38.2 Å². The molecule has 5 rings (SSSR count). The Bertz CT molecular complexity index is 1600. The Balaban J connectivity index is 1.50. The van der Waals surface area contributed by atoms with Gasteiger partial charge in [-0.25, -0.2) is 28.2 Å². The van der Waals surface area contributed by atoms with Gasteiger partial charge in [0.25, 0.3) is 0 Å². The zero-order valence-electron chi connectivity index (χ0n) is 23.9. The molecule has 11 heteroatoms. The highest BCUT2D eigenvalue weighted by Gasteiger charge is 2.63. The molecule has 4 heterocycles. The van der Waals surface area contributed by atoms with Gasteiger partial charge < -0.3 is 20.5 Å². The zero-order chi connectivity index (χ0) is 29.1. The first-order valence-corrected chi connectivity index (χ1v) is 15.7. The molecule has 0 saturated heterocycles. The van der Waals surface area contributed by atoms with Crippen LogP contribution < -0.4 is 15.8 Å². The molecule has 1 spiro atoms. The first kappa shape index (κ1) is 28.2. The van der Waals surface area contributed by atoms with Crippen LogP contribution in [0.25, 0.3) is 10.8 Å². The summed E-state index contributed by atoms with van der Waals surface area (Å²) < 4.78 is 35.0. The molecule has 3 aromatic rings. The van der Waals surface area contributed by atoms with Crippen LogP contribution in [0, 0.1) is 0 Å². The van der Waals surface area contributed by atoms with E-state index in [0.717, 1.165) is 29.5 Å². The lowest BCUT2D eigenvalue weighted by molar-refractivity contribution is -0.0285. The maximum Gasteiger partial charge on any atom is 0.340 e. The third kappa shape index (κ3) is 5.12. The Morgan fingerprint density at radius 3 is 2.55 bits per heavy atom. The number of rotatable bonds is 9. The fourth-order valence-corrected chi connectivity index (χ4v) is 6.13. The molecule has 0 radical (unpaired) electrons. The number of carbonyl (C=O) groups is 1. The van der Waals surface area contributed by atoms with Crippen molar-refractivity contribution in [3.05, 3.63) is 47.4 Å². The number of nitrogens with zero attached hydrogens (tertiary/aromatic N) is 3. The molecule has 0 bridgehead atoms. The molecule has 1 saturated carbocycles. The minimum absolute atomic E-state index is 0.0250. The number of aromatic nitrogens is 3. The summed E-state index contributed by atoms with van der Waals surface area (Å²) in [5.41, 5.74) is 7.23. The number of pyridine rings is 3. The van der Waals surface area contributed by atoms with Crippen molar-refractivity contribution in [1.82, 2.24) is 15.0 Å². The van der Waals surface area contributed by atoms with Crippen LogP contribution in [0.1, 0.15) is 81.9 Å². The van der Waals surface area contributed by atoms with E-state index < -0.39 is 21.0 Å². The summed E-state index contributed by atoms with van der Waals surface area (Å²) in [6.07, 6.45) is 7.10. The number of fused-ring (bicyclic) bond motifs is 3. The van der Waals surface area contributed by atoms with Gasteiger partial charge in [-0.05, 0) is 82.5 Å². The number of anilines is 2. The highest BCUT2D eigenvalue weighted by Crippen LogP contribution is 2.59. The molecule has 40 heavy (non-hydrogen) atoms. The number of carbonyl (C=O) groups excluding carboxylic acids is 1. The maximum atomic E-state index is 12.6. The molecule has 3 aromatic heterocycles. The predicted molar refractivity (Wildman–Crippen MR) is 154 cm³/mol. The molecule has 10 nitrogen and oxygen atoms in total. The van der Waals surface area contributed by atoms with E-state index in [1.165, 1.54) is 6.26 Å². The third-order valence-electron chi connectivity index (χ3n) is 8.37. The van der Waals surface area contributed by atoms with E-state index in [4.69, 9.17) is 20.2 Å². The second kappa shape index (κ2) is 9.66. The van der Waals surface area contributed by atoms with E-state index in [2.05, 4.69) is 15.3 Å². The summed E-state index contributed by atoms with van der Waals surface area (Å²) >= 11 is 0. The number of nitrogens with one attached hydrogen (secondary N) is 1. The van der Waals surface area contributed by atoms with Crippen molar-refractivity contribution in [2.24, 2.45) is 5.73 Å². The minimum Gasteiger partial charge on any atom is -0.474 e. The fourth-order valence-electron chi connectivity index (χ4n) is 5.37. The summed E-state index contributed by atoms with van der Waals surface area (Å²) in [7, 11) is -3.11. The van der Waals surface area contributed by atoms with Crippen LogP contribution in [0.5, 0.6) is 5.88 Å². The van der Waals surface area contributed by atoms with Crippen LogP contribution >= 0.6 is 0 Å². The average Bonchev–Trinajstić information content (AvgIpc) is 3.69. The molecular formula is C29H37N5O5S. The Morgan fingerprint density at radius 2 is 1.90 bits per heavy atom. The van der Waals surface area contributed by atoms with Gasteiger partial charge in [-0.1, -0.05) is 6.92 Å². The number of sulfone groups is 1. The molecule has 3 N–H and O–H groups in total. The topological polar surface area (TPSA) is 146 Å². The van der Waals surface area contributed by atoms with Gasteiger partial charge in [-0.3, -0.25) is 0 Å². The zero-order valence-corrected chi connectivity index (χ0v) is 24.7. The number of esters is 1. The summed E-state index contributed by atoms with van der Waals surface area (Å²) in [6.45, 7) is 9.68. The van der Waals surface area contributed by atoms with Gasteiger partial charge in [0.2, 0.25) is 5.88 Å². The van der Waals surface area contributed by atoms with Crippen LogP contribution in [0.15, 0.2) is 30.6 Å². The first-order chi connectivity index (χ1) is 18.7. The summed E-state index contributed by atoms with van der Waals surface area (Å²) in [5, 5.41) is 4.81. The van der Waals surface area contributed by atoms with Gasteiger partial charge in [0.15, 0.2) is 0 Å². The van der Waals surface area contributed by atoms with Gasteiger partial charge in [0, 0.05) is 24.2 Å². The van der Waals surface area contributed by atoms with Crippen LogP contribution in [0.2, 0.25) is 0 Å². The fraction of sp³-hybridized carbons (Fsp3) is 0.517. The first-order valence-electron chi connectivity index (χ1n) is 13.6. The van der Waals surface area contributed by atoms with E-state index >= 15 is 0 Å². The third-order valence-corrected chi connectivity index (χ3v) is 9.35. The minimum atomic E-state index is -3.11. The lowest BCUT2D eigenvalue weighted by atomic mass is 9.80. The number of nitrogens with two attached hydrogens (primary N) is 1. The molecule has 1 fully saturated rings. The quantitative estimate of drug-likeness (QED) is 0.353. The van der Waals surface area contributed by atoms with Crippen molar-refractivity contribution in [2.75, 3.05) is 17.3 Å².